The minimum absolute atomic E-state index is 0.00956. The predicted octanol–water partition coefficient (Wildman–Crippen LogP) is 4.88. The highest BCUT2D eigenvalue weighted by atomic mass is 16.6. The predicted molar refractivity (Wildman–Crippen MR) is 105 cm³/mol. The second-order valence-corrected chi connectivity index (χ2v) is 7.57. The summed E-state index contributed by atoms with van der Waals surface area (Å²) in [6, 6.07) is 14.5. The first-order chi connectivity index (χ1) is 12.6. The third kappa shape index (κ3) is 6.73. The molecule has 0 aliphatic heterocycles. The number of carbonyl (C=O) groups excluding carboxylic acids is 1. The number of amides is 1. The van der Waals surface area contributed by atoms with Gasteiger partial charge in [-0.05, 0) is 45.2 Å². The fourth-order valence-electron chi connectivity index (χ4n) is 2.68. The molecule has 0 saturated heterocycles. The highest BCUT2D eigenvalue weighted by molar-refractivity contribution is 5.68. The van der Waals surface area contributed by atoms with Crippen LogP contribution in [0.3, 0.4) is 0 Å². The van der Waals surface area contributed by atoms with E-state index in [4.69, 9.17) is 4.74 Å². The van der Waals surface area contributed by atoms with E-state index in [-0.39, 0.29) is 12.2 Å². The van der Waals surface area contributed by atoms with Gasteiger partial charge in [-0.15, -0.1) is 0 Å². The van der Waals surface area contributed by atoms with Crippen molar-refractivity contribution in [3.8, 4) is 0 Å². The van der Waals surface area contributed by atoms with Gasteiger partial charge in [-0.2, -0.15) is 0 Å². The van der Waals surface area contributed by atoms with Crippen LogP contribution in [0.5, 0.6) is 0 Å². The molecule has 1 amide bonds. The van der Waals surface area contributed by atoms with E-state index < -0.39 is 16.6 Å². The Bertz CT molecular complexity index is 812. The number of non-ortho nitro benzene ring substituents is 1. The molecule has 0 bridgehead atoms. The van der Waals surface area contributed by atoms with Crippen LogP contribution >= 0.6 is 0 Å². The van der Waals surface area contributed by atoms with Crippen LogP contribution in [0.1, 0.15) is 37.5 Å². The number of nitrogens with zero attached hydrogens (tertiary/aromatic N) is 2. The molecular weight excluding hydrogens is 344 g/mol. The largest absolute Gasteiger partial charge is 0.444 e. The van der Waals surface area contributed by atoms with Crippen molar-refractivity contribution in [3.05, 3.63) is 75.3 Å². The smallest absolute Gasteiger partial charge is 0.410 e. The van der Waals surface area contributed by atoms with Crippen molar-refractivity contribution >= 4 is 11.8 Å². The summed E-state index contributed by atoms with van der Waals surface area (Å²) in [5, 5.41) is 11.0. The molecular formula is C21H26N2O4. The number of rotatable bonds is 6. The van der Waals surface area contributed by atoms with Gasteiger partial charge in [0.25, 0.3) is 5.69 Å². The minimum Gasteiger partial charge on any atom is -0.444 e. The van der Waals surface area contributed by atoms with E-state index in [1.165, 1.54) is 12.1 Å². The van der Waals surface area contributed by atoms with Crippen LogP contribution in [0.2, 0.25) is 0 Å². The number of aryl methyl sites for hydroxylation is 1. The monoisotopic (exact) mass is 370 g/mol. The summed E-state index contributed by atoms with van der Waals surface area (Å²) in [5.74, 6) is 0. The first-order valence-electron chi connectivity index (χ1n) is 8.91. The Hall–Kier alpha value is -2.89. The zero-order chi connectivity index (χ0) is 20.0. The summed E-state index contributed by atoms with van der Waals surface area (Å²) in [7, 11) is 0. The van der Waals surface area contributed by atoms with E-state index >= 15 is 0 Å². The normalized spacial score (nSPS) is 11.1. The molecule has 0 unspecified atom stereocenters. The zero-order valence-electron chi connectivity index (χ0n) is 16.3. The minimum atomic E-state index is -0.610. The van der Waals surface area contributed by atoms with Crippen molar-refractivity contribution in [1.82, 2.24) is 4.90 Å². The van der Waals surface area contributed by atoms with Crippen molar-refractivity contribution < 1.29 is 14.5 Å². The van der Waals surface area contributed by atoms with Gasteiger partial charge in [0.1, 0.15) is 5.60 Å². The molecule has 6 nitrogen and oxygen atoms in total. The quantitative estimate of drug-likeness (QED) is 0.536. The molecule has 0 saturated carbocycles. The number of nitro benzene ring substituents is 1. The number of hydrogen-bond donors (Lipinski definition) is 0. The highest BCUT2D eigenvalue weighted by Gasteiger charge is 2.22. The van der Waals surface area contributed by atoms with E-state index in [1.54, 1.807) is 17.0 Å². The van der Waals surface area contributed by atoms with Gasteiger partial charge in [-0.3, -0.25) is 10.1 Å². The van der Waals surface area contributed by atoms with Gasteiger partial charge in [-0.25, -0.2) is 4.79 Å². The lowest BCUT2D eigenvalue weighted by Crippen LogP contribution is -2.37. The molecule has 0 aromatic heterocycles. The Labute approximate surface area is 159 Å². The van der Waals surface area contributed by atoms with Crippen LogP contribution < -0.4 is 0 Å². The molecule has 0 aliphatic carbocycles. The van der Waals surface area contributed by atoms with Gasteiger partial charge in [0.2, 0.25) is 0 Å². The first-order valence-corrected chi connectivity index (χ1v) is 8.91. The van der Waals surface area contributed by atoms with Crippen LogP contribution in [0.25, 0.3) is 0 Å². The topological polar surface area (TPSA) is 72.7 Å². The van der Waals surface area contributed by atoms with Gasteiger partial charge in [0, 0.05) is 25.2 Å². The molecule has 0 atom stereocenters. The summed E-state index contributed by atoms with van der Waals surface area (Å²) < 4.78 is 5.52. The molecule has 27 heavy (non-hydrogen) atoms. The third-order valence-corrected chi connectivity index (χ3v) is 3.90. The van der Waals surface area contributed by atoms with Crippen molar-refractivity contribution in [3.63, 3.8) is 0 Å². The highest BCUT2D eigenvalue weighted by Crippen LogP contribution is 2.18. The summed E-state index contributed by atoms with van der Waals surface area (Å²) in [6.45, 7) is 8.19. The summed E-state index contributed by atoms with van der Waals surface area (Å²) in [5.41, 5.74) is 2.38. The number of nitro groups is 1. The number of benzene rings is 2. The fraction of sp³-hybridized carbons (Fsp3) is 0.381. The molecule has 2 rings (SSSR count). The lowest BCUT2D eigenvalue weighted by atomic mass is 10.1. The van der Waals surface area contributed by atoms with E-state index in [1.807, 2.05) is 45.9 Å². The maximum Gasteiger partial charge on any atom is 0.410 e. The molecule has 0 aliphatic rings. The van der Waals surface area contributed by atoms with E-state index in [2.05, 4.69) is 6.07 Å². The second kappa shape index (κ2) is 8.66. The van der Waals surface area contributed by atoms with Gasteiger partial charge in [-0.1, -0.05) is 42.0 Å². The Morgan fingerprint density at radius 1 is 1.11 bits per heavy atom. The van der Waals surface area contributed by atoms with Gasteiger partial charge < -0.3 is 9.64 Å². The van der Waals surface area contributed by atoms with E-state index in [0.29, 0.717) is 18.5 Å². The zero-order valence-corrected chi connectivity index (χ0v) is 16.3. The molecule has 0 spiro atoms. The molecule has 0 radical (unpaired) electrons. The summed E-state index contributed by atoms with van der Waals surface area (Å²) >= 11 is 0. The molecule has 0 N–H and O–H groups in total. The maximum atomic E-state index is 12.6. The lowest BCUT2D eigenvalue weighted by molar-refractivity contribution is -0.384. The van der Waals surface area contributed by atoms with Crippen molar-refractivity contribution in [1.29, 1.82) is 0 Å². The molecule has 144 valence electrons. The van der Waals surface area contributed by atoms with Gasteiger partial charge in [0.05, 0.1) is 4.92 Å². The Morgan fingerprint density at radius 2 is 1.78 bits per heavy atom. The maximum absolute atomic E-state index is 12.6. The van der Waals surface area contributed by atoms with Gasteiger partial charge >= 0.3 is 6.09 Å². The molecule has 6 heteroatoms. The summed E-state index contributed by atoms with van der Waals surface area (Å²) in [4.78, 5) is 24.8. The van der Waals surface area contributed by atoms with Gasteiger partial charge in [0.15, 0.2) is 0 Å². The third-order valence-electron chi connectivity index (χ3n) is 3.90. The number of hydrogen-bond acceptors (Lipinski definition) is 4. The van der Waals surface area contributed by atoms with Crippen LogP contribution in [0, 0.1) is 17.0 Å². The average Bonchev–Trinajstić information content (AvgIpc) is 2.57. The lowest BCUT2D eigenvalue weighted by Gasteiger charge is -2.27. The Balaban J connectivity index is 2.17. The first kappa shape index (κ1) is 20.4. The molecule has 0 fully saturated rings. The van der Waals surface area contributed by atoms with Crippen LogP contribution in [0.4, 0.5) is 10.5 Å². The van der Waals surface area contributed by atoms with Crippen LogP contribution in [-0.2, 0) is 17.7 Å². The Morgan fingerprint density at radius 3 is 2.41 bits per heavy atom. The molecule has 0 heterocycles. The molecule has 2 aromatic carbocycles. The standard InChI is InChI=1S/C21H26N2O4/c1-16-7-5-8-17(13-16)11-12-22(20(24)27-21(2,3)4)15-18-9-6-10-19(14-18)23(25)26/h5-10,13-14H,11-12,15H2,1-4H3. The Kier molecular flexibility index (Phi) is 6.55. The van der Waals surface area contributed by atoms with Crippen LogP contribution in [-0.4, -0.2) is 28.1 Å². The molecule has 2 aromatic rings. The number of carbonyl (C=O) groups is 1. The van der Waals surface area contributed by atoms with Crippen molar-refractivity contribution in [2.45, 2.75) is 46.3 Å². The van der Waals surface area contributed by atoms with E-state index in [9.17, 15) is 14.9 Å². The summed E-state index contributed by atoms with van der Waals surface area (Å²) in [6.07, 6.45) is 0.247. The van der Waals surface area contributed by atoms with E-state index in [0.717, 1.165) is 11.1 Å². The number of ether oxygens (including phenoxy) is 1. The SMILES string of the molecule is Cc1cccc(CCN(Cc2cccc([N+](=O)[O-])c2)C(=O)OC(C)(C)C)c1. The second-order valence-electron chi connectivity index (χ2n) is 7.57. The average molecular weight is 370 g/mol. The van der Waals surface area contributed by atoms with Crippen molar-refractivity contribution in [2.24, 2.45) is 0 Å². The van der Waals surface area contributed by atoms with Crippen LogP contribution in [0.15, 0.2) is 48.5 Å². The van der Waals surface area contributed by atoms with Crippen molar-refractivity contribution in [2.75, 3.05) is 6.54 Å². The fourth-order valence-corrected chi connectivity index (χ4v) is 2.68.